The zero-order valence-electron chi connectivity index (χ0n) is 9.51. The average molecular weight is 318 g/mol. The lowest BCUT2D eigenvalue weighted by atomic mass is 10.3. The van der Waals surface area contributed by atoms with Crippen molar-refractivity contribution in [3.63, 3.8) is 0 Å². The second-order valence-electron chi connectivity index (χ2n) is 3.45. The van der Waals surface area contributed by atoms with Crippen molar-refractivity contribution in [3.8, 4) is 0 Å². The lowest BCUT2D eigenvalue weighted by Crippen LogP contribution is -2.16. The topological polar surface area (TPSA) is 85.8 Å². The molecule has 0 spiro atoms. The van der Waals surface area contributed by atoms with E-state index in [0.717, 1.165) is 11.8 Å². The number of carbonyl (C=O) groups excluding carboxylic acids is 1. The first-order valence-corrected chi connectivity index (χ1v) is 6.84. The smallest absolute Gasteiger partial charge is 0.234 e. The number of carbonyl (C=O) groups is 1. The number of benzene rings is 1. The summed E-state index contributed by atoms with van der Waals surface area (Å²) in [6, 6.07) is 4.99. The summed E-state index contributed by atoms with van der Waals surface area (Å²) in [6.07, 6.45) is 1.35. The van der Waals surface area contributed by atoms with Crippen LogP contribution in [0.3, 0.4) is 0 Å². The summed E-state index contributed by atoms with van der Waals surface area (Å²) in [5.74, 6) is 5.39. The maximum atomic E-state index is 11.8. The summed E-state index contributed by atoms with van der Waals surface area (Å²) in [7, 11) is 0. The molecule has 0 aliphatic carbocycles. The zero-order valence-corrected chi connectivity index (χ0v) is 11.8. The van der Waals surface area contributed by atoms with Crippen molar-refractivity contribution < 1.29 is 4.79 Å². The maximum Gasteiger partial charge on any atom is 0.234 e. The van der Waals surface area contributed by atoms with Crippen LogP contribution in [0.2, 0.25) is 10.0 Å². The van der Waals surface area contributed by atoms with E-state index >= 15 is 0 Å². The number of hydrogen-bond donors (Lipinski definition) is 2. The van der Waals surface area contributed by atoms with Gasteiger partial charge in [0, 0.05) is 0 Å². The number of thioether (sulfide) groups is 1. The minimum Gasteiger partial charge on any atom is -0.336 e. The van der Waals surface area contributed by atoms with E-state index in [1.54, 1.807) is 18.2 Å². The minimum atomic E-state index is -0.261. The predicted molar refractivity (Wildman–Crippen MR) is 76.0 cm³/mol. The Balaban J connectivity index is 1.97. The van der Waals surface area contributed by atoms with Gasteiger partial charge in [0.25, 0.3) is 0 Å². The second-order valence-corrected chi connectivity index (χ2v) is 5.21. The average Bonchev–Trinajstić information content (AvgIpc) is 2.77. The number of nitrogens with one attached hydrogen (secondary N) is 1. The van der Waals surface area contributed by atoms with Gasteiger partial charge < -0.3 is 11.2 Å². The van der Waals surface area contributed by atoms with E-state index in [9.17, 15) is 4.79 Å². The molecule has 100 valence electrons. The number of rotatable bonds is 4. The third-order valence-electron chi connectivity index (χ3n) is 2.10. The van der Waals surface area contributed by atoms with Crippen LogP contribution >= 0.6 is 35.0 Å². The Morgan fingerprint density at radius 2 is 2.11 bits per heavy atom. The molecule has 0 unspecified atom stereocenters. The summed E-state index contributed by atoms with van der Waals surface area (Å²) in [5.41, 5.74) is 0.394. The van der Waals surface area contributed by atoms with Gasteiger partial charge >= 0.3 is 0 Å². The number of para-hydroxylation sites is 1. The van der Waals surface area contributed by atoms with E-state index in [2.05, 4.69) is 15.5 Å². The molecular weight excluding hydrogens is 309 g/mol. The van der Waals surface area contributed by atoms with E-state index in [1.807, 2.05) is 0 Å². The maximum absolute atomic E-state index is 11.8. The molecule has 1 aromatic heterocycles. The highest BCUT2D eigenvalue weighted by molar-refractivity contribution is 7.99. The number of hydrogen-bond acceptors (Lipinski definition) is 5. The van der Waals surface area contributed by atoms with Crippen molar-refractivity contribution in [3.05, 3.63) is 34.6 Å². The van der Waals surface area contributed by atoms with Crippen LogP contribution in [0, 0.1) is 0 Å². The van der Waals surface area contributed by atoms with Crippen molar-refractivity contribution in [1.29, 1.82) is 0 Å². The zero-order chi connectivity index (χ0) is 13.8. The largest absolute Gasteiger partial charge is 0.336 e. The Bertz CT molecular complexity index is 583. The molecule has 0 aliphatic rings. The van der Waals surface area contributed by atoms with Gasteiger partial charge in [-0.25, -0.2) is 4.68 Å². The number of nitrogens with zero attached hydrogens (tertiary/aromatic N) is 3. The molecule has 0 atom stereocenters. The molecule has 0 saturated carbocycles. The Hall–Kier alpha value is -1.44. The van der Waals surface area contributed by atoms with E-state index in [-0.39, 0.29) is 11.7 Å². The molecule has 2 rings (SSSR count). The van der Waals surface area contributed by atoms with E-state index < -0.39 is 0 Å². The first kappa shape index (κ1) is 14.0. The summed E-state index contributed by atoms with van der Waals surface area (Å²) in [5, 5.41) is 11.2. The van der Waals surface area contributed by atoms with Crippen molar-refractivity contribution in [1.82, 2.24) is 14.9 Å². The quantitative estimate of drug-likeness (QED) is 0.665. The van der Waals surface area contributed by atoms with Gasteiger partial charge in [0.1, 0.15) is 6.33 Å². The monoisotopic (exact) mass is 317 g/mol. The third-order valence-corrected chi connectivity index (χ3v) is 3.69. The van der Waals surface area contributed by atoms with Crippen molar-refractivity contribution in [2.24, 2.45) is 0 Å². The molecule has 0 radical (unpaired) electrons. The molecular formula is C10H9Cl2N5OS. The Morgan fingerprint density at radius 1 is 1.42 bits per heavy atom. The van der Waals surface area contributed by atoms with E-state index in [4.69, 9.17) is 29.0 Å². The van der Waals surface area contributed by atoms with Crippen LogP contribution in [0.5, 0.6) is 0 Å². The van der Waals surface area contributed by atoms with Crippen LogP contribution in [-0.2, 0) is 4.79 Å². The molecule has 2 aromatic rings. The molecule has 19 heavy (non-hydrogen) atoms. The number of anilines is 1. The lowest BCUT2D eigenvalue weighted by Gasteiger charge is -2.08. The van der Waals surface area contributed by atoms with Gasteiger partial charge in [0.15, 0.2) is 0 Å². The molecule has 0 aliphatic heterocycles. The van der Waals surface area contributed by atoms with E-state index in [1.165, 1.54) is 11.0 Å². The lowest BCUT2D eigenvalue weighted by molar-refractivity contribution is -0.113. The Kier molecular flexibility index (Phi) is 4.52. The number of nitrogens with two attached hydrogens (primary N) is 1. The summed E-state index contributed by atoms with van der Waals surface area (Å²) < 4.78 is 1.24. The highest BCUT2D eigenvalue weighted by atomic mass is 35.5. The molecule has 0 fully saturated rings. The van der Waals surface area contributed by atoms with Crippen molar-refractivity contribution in [2.75, 3.05) is 16.9 Å². The van der Waals surface area contributed by atoms with Crippen LogP contribution in [0.1, 0.15) is 0 Å². The van der Waals surface area contributed by atoms with Crippen LogP contribution in [0.4, 0.5) is 5.69 Å². The van der Waals surface area contributed by atoms with Crippen LogP contribution < -0.4 is 11.2 Å². The number of nitrogen functional groups attached to an aromatic ring is 1. The van der Waals surface area contributed by atoms with Gasteiger partial charge in [-0.15, -0.1) is 10.2 Å². The first-order valence-electron chi connectivity index (χ1n) is 5.09. The summed E-state index contributed by atoms with van der Waals surface area (Å²) in [6.45, 7) is 0. The fourth-order valence-corrected chi connectivity index (χ4v) is 2.38. The van der Waals surface area contributed by atoms with Gasteiger partial charge in [-0.3, -0.25) is 4.79 Å². The molecule has 1 heterocycles. The molecule has 0 saturated heterocycles. The van der Waals surface area contributed by atoms with Crippen LogP contribution in [-0.4, -0.2) is 26.5 Å². The van der Waals surface area contributed by atoms with Crippen LogP contribution in [0.25, 0.3) is 0 Å². The fraction of sp³-hybridized carbons (Fsp3) is 0.100. The number of halogens is 2. The summed E-state index contributed by atoms with van der Waals surface area (Å²) >= 11 is 13.1. The molecule has 6 nitrogen and oxygen atoms in total. The normalized spacial score (nSPS) is 10.4. The Labute approximate surface area is 123 Å². The van der Waals surface area contributed by atoms with Crippen LogP contribution in [0.15, 0.2) is 29.7 Å². The van der Waals surface area contributed by atoms with E-state index in [0.29, 0.717) is 20.9 Å². The number of amides is 1. The second kappa shape index (κ2) is 6.14. The van der Waals surface area contributed by atoms with Gasteiger partial charge in [-0.2, -0.15) is 0 Å². The Morgan fingerprint density at radius 3 is 2.68 bits per heavy atom. The molecule has 1 amide bonds. The van der Waals surface area contributed by atoms with Gasteiger partial charge in [-0.1, -0.05) is 41.0 Å². The third kappa shape index (κ3) is 3.52. The minimum absolute atomic E-state index is 0.122. The first-order chi connectivity index (χ1) is 9.08. The highest BCUT2D eigenvalue weighted by Crippen LogP contribution is 2.29. The van der Waals surface area contributed by atoms with Gasteiger partial charge in [0.2, 0.25) is 11.1 Å². The van der Waals surface area contributed by atoms with Gasteiger partial charge in [-0.05, 0) is 12.1 Å². The van der Waals surface area contributed by atoms with Gasteiger partial charge in [0.05, 0.1) is 21.5 Å². The fourth-order valence-electron chi connectivity index (χ4n) is 1.26. The standard InChI is InChI=1S/C10H9Cl2N5OS/c11-6-2-1-3-7(12)9(6)15-8(18)4-19-10-16-14-5-17(10)13/h1-3,5H,4,13H2,(H,15,18). The number of aromatic nitrogens is 3. The molecule has 0 bridgehead atoms. The highest BCUT2D eigenvalue weighted by Gasteiger charge is 2.11. The van der Waals surface area contributed by atoms with Crippen molar-refractivity contribution >= 4 is 46.6 Å². The SMILES string of the molecule is Nn1cnnc1SCC(=O)Nc1c(Cl)cccc1Cl. The van der Waals surface area contributed by atoms with Crippen molar-refractivity contribution in [2.45, 2.75) is 5.16 Å². The molecule has 3 N–H and O–H groups in total. The molecule has 9 heteroatoms. The molecule has 1 aromatic carbocycles. The predicted octanol–water partition coefficient (Wildman–Crippen LogP) is 2.03. The summed E-state index contributed by atoms with van der Waals surface area (Å²) in [4.78, 5) is 11.8.